The lowest BCUT2D eigenvalue weighted by atomic mass is 10.1. The number of carbonyl (C=O) groups excluding carboxylic acids is 2. The van der Waals surface area contributed by atoms with Gasteiger partial charge in [-0.05, 0) is 73.9 Å². The van der Waals surface area contributed by atoms with Crippen LogP contribution in [0, 0.1) is 18.7 Å². The van der Waals surface area contributed by atoms with E-state index in [4.69, 9.17) is 0 Å². The lowest BCUT2D eigenvalue weighted by Gasteiger charge is -2.32. The van der Waals surface area contributed by atoms with Crippen LogP contribution in [0.1, 0.15) is 31.9 Å². The molecule has 0 aliphatic rings. The molecule has 0 saturated heterocycles. The second kappa shape index (κ2) is 13.2. The molecule has 208 valence electrons. The summed E-state index contributed by atoms with van der Waals surface area (Å²) in [6.45, 7) is 7.41. The first-order chi connectivity index (χ1) is 18.4. The zero-order chi connectivity index (χ0) is 28.7. The highest BCUT2D eigenvalue weighted by molar-refractivity contribution is 9.10. The average molecular weight is 619 g/mol. The van der Waals surface area contributed by atoms with Gasteiger partial charge in [0.25, 0.3) is 10.0 Å². The number of hydrogen-bond acceptors (Lipinski definition) is 4. The Morgan fingerprint density at radius 1 is 0.923 bits per heavy atom. The van der Waals surface area contributed by atoms with Gasteiger partial charge >= 0.3 is 0 Å². The number of nitrogens with zero attached hydrogens (tertiary/aromatic N) is 2. The maximum absolute atomic E-state index is 13.9. The topological polar surface area (TPSA) is 86.8 Å². The van der Waals surface area contributed by atoms with Gasteiger partial charge in [0, 0.05) is 17.6 Å². The molecule has 0 aliphatic heterocycles. The van der Waals surface area contributed by atoms with Crippen LogP contribution in [0.15, 0.2) is 82.2 Å². The first-order valence-corrected chi connectivity index (χ1v) is 14.8. The van der Waals surface area contributed by atoms with Crippen molar-refractivity contribution in [3.05, 3.63) is 94.2 Å². The van der Waals surface area contributed by atoms with Gasteiger partial charge in [-0.25, -0.2) is 12.8 Å². The summed E-state index contributed by atoms with van der Waals surface area (Å²) < 4.78 is 42.8. The number of nitrogens with one attached hydrogen (secondary N) is 1. The van der Waals surface area contributed by atoms with Crippen LogP contribution in [0.3, 0.4) is 0 Å². The van der Waals surface area contributed by atoms with Crippen molar-refractivity contribution in [3.8, 4) is 0 Å². The Kier molecular flexibility index (Phi) is 10.3. The van der Waals surface area contributed by atoms with Crippen LogP contribution in [-0.4, -0.2) is 44.3 Å². The summed E-state index contributed by atoms with van der Waals surface area (Å²) >= 11 is 3.40. The number of halogens is 2. The predicted molar refractivity (Wildman–Crippen MR) is 154 cm³/mol. The van der Waals surface area contributed by atoms with E-state index in [1.807, 2.05) is 45.0 Å². The van der Waals surface area contributed by atoms with E-state index >= 15 is 0 Å². The van der Waals surface area contributed by atoms with Crippen LogP contribution in [0.2, 0.25) is 0 Å². The molecule has 2 amide bonds. The lowest BCUT2D eigenvalue weighted by Crippen LogP contribution is -2.51. The van der Waals surface area contributed by atoms with Crippen molar-refractivity contribution in [1.29, 1.82) is 0 Å². The molecule has 0 aliphatic carbocycles. The minimum Gasteiger partial charge on any atom is -0.354 e. The highest BCUT2D eigenvalue weighted by Gasteiger charge is 2.32. The van der Waals surface area contributed by atoms with Crippen molar-refractivity contribution in [1.82, 2.24) is 10.2 Å². The van der Waals surface area contributed by atoms with Gasteiger partial charge in [0.05, 0.1) is 10.6 Å². The first-order valence-electron chi connectivity index (χ1n) is 12.5. The fourth-order valence-electron chi connectivity index (χ4n) is 3.80. The van der Waals surface area contributed by atoms with Crippen molar-refractivity contribution in [2.45, 2.75) is 45.2 Å². The van der Waals surface area contributed by atoms with Gasteiger partial charge in [-0.15, -0.1) is 0 Å². The summed E-state index contributed by atoms with van der Waals surface area (Å²) in [5.74, 6) is -1.25. The molecule has 1 atom stereocenters. The molecule has 0 saturated carbocycles. The number of amides is 2. The minimum atomic E-state index is -4.25. The van der Waals surface area contributed by atoms with Crippen molar-refractivity contribution in [2.75, 3.05) is 17.4 Å². The van der Waals surface area contributed by atoms with Gasteiger partial charge in [0.1, 0.15) is 18.4 Å². The molecule has 3 rings (SSSR count). The Balaban J connectivity index is 2.00. The minimum absolute atomic E-state index is 0.0979. The van der Waals surface area contributed by atoms with Gasteiger partial charge in [0.2, 0.25) is 11.8 Å². The summed E-state index contributed by atoms with van der Waals surface area (Å²) in [6.07, 6.45) is 0. The number of hydrogen-bond donors (Lipinski definition) is 1. The zero-order valence-corrected chi connectivity index (χ0v) is 24.8. The Hall–Kier alpha value is -3.24. The first kappa shape index (κ1) is 30.3. The largest absolute Gasteiger partial charge is 0.354 e. The summed E-state index contributed by atoms with van der Waals surface area (Å²) in [7, 11) is -4.25. The molecule has 0 aromatic heterocycles. The molecule has 3 aromatic carbocycles. The lowest BCUT2D eigenvalue weighted by molar-refractivity contribution is -0.139. The SMILES string of the molecule is Cc1ccc(N(CC(=O)N(Cc2ccc(Br)cc2)[C@@H](C)C(=O)NCC(C)C)S(=O)(=O)c2ccc(F)cc2)cc1. The van der Waals surface area contributed by atoms with Crippen LogP contribution in [0.25, 0.3) is 0 Å². The average Bonchev–Trinajstić information content (AvgIpc) is 2.90. The third kappa shape index (κ3) is 8.12. The number of carbonyl (C=O) groups is 2. The quantitative estimate of drug-likeness (QED) is 0.317. The molecular formula is C29H33BrFN3O4S. The van der Waals surface area contributed by atoms with Crippen LogP contribution in [-0.2, 0) is 26.2 Å². The molecule has 3 aromatic rings. The maximum Gasteiger partial charge on any atom is 0.264 e. The monoisotopic (exact) mass is 617 g/mol. The van der Waals surface area contributed by atoms with E-state index in [1.165, 1.54) is 4.90 Å². The van der Waals surface area contributed by atoms with E-state index in [0.29, 0.717) is 6.54 Å². The third-order valence-corrected chi connectivity index (χ3v) is 8.44. The second-order valence-electron chi connectivity index (χ2n) is 9.76. The number of anilines is 1. The fourth-order valence-corrected chi connectivity index (χ4v) is 5.47. The van der Waals surface area contributed by atoms with E-state index in [2.05, 4.69) is 21.2 Å². The summed E-state index contributed by atoms with van der Waals surface area (Å²) in [4.78, 5) is 28.1. The normalized spacial score (nSPS) is 12.2. The van der Waals surface area contributed by atoms with Crippen LogP contribution in [0.4, 0.5) is 10.1 Å². The van der Waals surface area contributed by atoms with Crippen LogP contribution >= 0.6 is 15.9 Å². The summed E-state index contributed by atoms with van der Waals surface area (Å²) in [5.41, 5.74) is 1.97. The van der Waals surface area contributed by atoms with E-state index < -0.39 is 34.3 Å². The van der Waals surface area contributed by atoms with Crippen molar-refractivity contribution in [2.24, 2.45) is 5.92 Å². The van der Waals surface area contributed by atoms with Gasteiger partial charge in [-0.3, -0.25) is 13.9 Å². The van der Waals surface area contributed by atoms with Crippen molar-refractivity contribution in [3.63, 3.8) is 0 Å². The Morgan fingerprint density at radius 2 is 1.51 bits per heavy atom. The van der Waals surface area contributed by atoms with Crippen molar-refractivity contribution >= 4 is 43.5 Å². The predicted octanol–water partition coefficient (Wildman–Crippen LogP) is 5.28. The van der Waals surface area contributed by atoms with Gasteiger partial charge in [-0.2, -0.15) is 0 Å². The molecule has 0 heterocycles. The molecule has 0 fully saturated rings. The molecule has 1 N–H and O–H groups in total. The van der Waals surface area contributed by atoms with Gasteiger partial charge < -0.3 is 10.2 Å². The second-order valence-corrected chi connectivity index (χ2v) is 12.5. The Labute approximate surface area is 238 Å². The molecule has 39 heavy (non-hydrogen) atoms. The molecule has 10 heteroatoms. The summed E-state index contributed by atoms with van der Waals surface area (Å²) in [6, 6.07) is 17.6. The summed E-state index contributed by atoms with van der Waals surface area (Å²) in [5, 5.41) is 2.86. The standard InChI is InChI=1S/C29H33BrFN3O4S/c1-20(2)17-32-29(36)22(4)33(18-23-7-9-24(30)10-8-23)28(35)19-34(26-13-5-21(3)6-14-26)39(37,38)27-15-11-25(31)12-16-27/h5-16,20,22H,17-19H2,1-4H3,(H,32,36)/t22-/m0/s1. The molecule has 7 nitrogen and oxygen atoms in total. The number of rotatable bonds is 11. The van der Waals surface area contributed by atoms with E-state index in [-0.39, 0.29) is 29.0 Å². The molecule has 0 radical (unpaired) electrons. The maximum atomic E-state index is 13.9. The number of aryl methyl sites for hydroxylation is 1. The third-order valence-electron chi connectivity index (χ3n) is 6.12. The highest BCUT2D eigenvalue weighted by atomic mass is 79.9. The smallest absolute Gasteiger partial charge is 0.264 e. The fraction of sp³-hybridized carbons (Fsp3) is 0.310. The van der Waals surface area contributed by atoms with Gasteiger partial charge in [-0.1, -0.05) is 59.6 Å². The van der Waals surface area contributed by atoms with E-state index in [1.54, 1.807) is 31.2 Å². The molecule has 0 unspecified atom stereocenters. The van der Waals surface area contributed by atoms with Gasteiger partial charge in [0.15, 0.2) is 0 Å². The molecular weight excluding hydrogens is 585 g/mol. The van der Waals surface area contributed by atoms with E-state index in [9.17, 15) is 22.4 Å². The van der Waals surface area contributed by atoms with Crippen LogP contribution in [0.5, 0.6) is 0 Å². The van der Waals surface area contributed by atoms with E-state index in [0.717, 1.165) is 44.2 Å². The Bertz CT molecular complexity index is 1380. The van der Waals surface area contributed by atoms with Crippen molar-refractivity contribution < 1.29 is 22.4 Å². The molecule has 0 bridgehead atoms. The molecule has 0 spiro atoms. The number of benzene rings is 3. The zero-order valence-electron chi connectivity index (χ0n) is 22.4. The number of sulfonamides is 1. The highest BCUT2D eigenvalue weighted by Crippen LogP contribution is 2.25. The Morgan fingerprint density at radius 3 is 2.08 bits per heavy atom. The van der Waals surface area contributed by atoms with Crippen LogP contribution < -0.4 is 9.62 Å².